The maximum Gasteiger partial charge on any atom is 0.255 e. The number of likely N-dealkylation sites (N-methyl/N-ethyl adjacent to an activating group) is 1. The van der Waals surface area contributed by atoms with E-state index < -0.39 is 5.82 Å². The Hall–Kier alpha value is -4.97. The van der Waals surface area contributed by atoms with Gasteiger partial charge in [0.25, 0.3) is 5.91 Å². The Morgan fingerprint density at radius 2 is 1.90 bits per heavy atom. The summed E-state index contributed by atoms with van der Waals surface area (Å²) in [5, 5.41) is 11.7. The lowest BCUT2D eigenvalue weighted by Crippen LogP contribution is -2.26. The van der Waals surface area contributed by atoms with E-state index in [1.807, 2.05) is 45.1 Å². The third kappa shape index (κ3) is 5.16. The number of ether oxygens (including phenoxy) is 1. The number of nitrogens with zero attached hydrogens (tertiary/aromatic N) is 8. The van der Waals surface area contributed by atoms with Crippen LogP contribution in [0.15, 0.2) is 66.6 Å². The summed E-state index contributed by atoms with van der Waals surface area (Å²) in [5.74, 6) is 1.20. The number of benzene rings is 2. The lowest BCUT2D eigenvalue weighted by Gasteiger charge is -2.16. The van der Waals surface area contributed by atoms with E-state index in [1.54, 1.807) is 46.1 Å². The van der Waals surface area contributed by atoms with E-state index in [0.29, 0.717) is 52.6 Å². The molecule has 0 bridgehead atoms. The summed E-state index contributed by atoms with van der Waals surface area (Å²) in [6, 6.07) is 11.7. The molecule has 0 spiro atoms. The van der Waals surface area contributed by atoms with Crippen LogP contribution in [0, 0.1) is 11.7 Å². The Kier molecular flexibility index (Phi) is 6.75. The number of carbonyl (C=O) groups is 1. The molecule has 1 atom stereocenters. The Bertz CT molecular complexity index is 1820. The quantitative estimate of drug-likeness (QED) is 0.292. The fourth-order valence-corrected chi connectivity index (χ4v) is 4.79. The second-order valence-corrected chi connectivity index (χ2v) is 10.3. The maximum atomic E-state index is 15.2. The third-order valence-corrected chi connectivity index (χ3v) is 6.95. The van der Waals surface area contributed by atoms with Gasteiger partial charge in [-0.2, -0.15) is 0 Å². The fraction of sp³-hybridized carbons (Fsp3) is 0.241. The van der Waals surface area contributed by atoms with Gasteiger partial charge in [-0.15, -0.1) is 5.10 Å². The molecular formula is C29H28FN9O2. The van der Waals surface area contributed by atoms with Crippen LogP contribution in [0.4, 0.5) is 21.7 Å². The molecule has 1 saturated heterocycles. The lowest BCUT2D eigenvalue weighted by atomic mass is 10.0. The van der Waals surface area contributed by atoms with Crippen molar-refractivity contribution >= 4 is 45.2 Å². The first-order valence-electron chi connectivity index (χ1n) is 13.1. The molecule has 0 radical (unpaired) electrons. The second kappa shape index (κ2) is 10.5. The molecule has 1 N–H and O–H groups in total. The molecule has 5 aromatic rings. The number of rotatable bonds is 7. The molecule has 0 unspecified atom stereocenters. The minimum Gasteiger partial charge on any atom is -0.457 e. The fourth-order valence-electron chi connectivity index (χ4n) is 4.79. The van der Waals surface area contributed by atoms with Gasteiger partial charge in [-0.1, -0.05) is 18.2 Å². The van der Waals surface area contributed by atoms with Crippen molar-refractivity contribution in [2.75, 3.05) is 37.4 Å². The summed E-state index contributed by atoms with van der Waals surface area (Å²) >= 11 is 0. The minimum absolute atomic E-state index is 0.0712. The number of aromatic nitrogens is 6. The van der Waals surface area contributed by atoms with Crippen LogP contribution in [-0.2, 0) is 11.8 Å². The highest BCUT2D eigenvalue weighted by molar-refractivity contribution is 6.09. The summed E-state index contributed by atoms with van der Waals surface area (Å²) in [7, 11) is 5.73. The van der Waals surface area contributed by atoms with Gasteiger partial charge >= 0.3 is 0 Å². The standard InChI is InChI=1S/C29H28FN9O2/c1-17-15-39(29(40)20(17)9-10-37(2)3)27-13-21-25(14-31-27)32-16-33-28(21)34-23-7-5-18(11-22(23)30)41-19-6-8-26-24(12-19)35-36-38(26)4/h5-9,11-14,16-17H,10,15H2,1-4H3,(H,32,33,34)/b20-9+/t17-/m1/s1. The van der Waals surface area contributed by atoms with E-state index in [4.69, 9.17) is 4.74 Å². The van der Waals surface area contributed by atoms with Gasteiger partial charge in [0.05, 0.1) is 22.9 Å². The topological polar surface area (TPSA) is 114 Å². The maximum absolute atomic E-state index is 15.2. The first kappa shape index (κ1) is 26.3. The highest BCUT2D eigenvalue weighted by Crippen LogP contribution is 2.33. The highest BCUT2D eigenvalue weighted by atomic mass is 19.1. The number of anilines is 3. The van der Waals surface area contributed by atoms with Crippen LogP contribution < -0.4 is 15.0 Å². The van der Waals surface area contributed by atoms with Gasteiger partial charge in [-0.05, 0) is 44.4 Å². The zero-order chi connectivity index (χ0) is 28.7. The van der Waals surface area contributed by atoms with Crippen LogP contribution in [0.3, 0.4) is 0 Å². The van der Waals surface area contributed by atoms with Crippen LogP contribution in [0.5, 0.6) is 11.5 Å². The molecule has 6 rings (SSSR count). The molecule has 3 aromatic heterocycles. The summed E-state index contributed by atoms with van der Waals surface area (Å²) in [4.78, 5) is 30.0. The highest BCUT2D eigenvalue weighted by Gasteiger charge is 2.34. The summed E-state index contributed by atoms with van der Waals surface area (Å²) in [6.45, 7) is 3.23. The number of hydrogen-bond acceptors (Lipinski definition) is 9. The van der Waals surface area contributed by atoms with E-state index in [-0.39, 0.29) is 17.5 Å². The molecule has 41 heavy (non-hydrogen) atoms. The van der Waals surface area contributed by atoms with Crippen LogP contribution >= 0.6 is 0 Å². The Morgan fingerprint density at radius 3 is 2.71 bits per heavy atom. The molecular weight excluding hydrogens is 525 g/mol. The Labute approximate surface area is 235 Å². The zero-order valence-corrected chi connectivity index (χ0v) is 23.0. The molecule has 12 heteroatoms. The first-order chi connectivity index (χ1) is 19.8. The summed E-state index contributed by atoms with van der Waals surface area (Å²) < 4.78 is 22.7. The number of pyridine rings is 1. The van der Waals surface area contributed by atoms with E-state index >= 15 is 4.39 Å². The molecule has 1 fully saturated rings. The van der Waals surface area contributed by atoms with Crippen molar-refractivity contribution in [3.8, 4) is 11.5 Å². The van der Waals surface area contributed by atoms with Crippen molar-refractivity contribution in [3.63, 3.8) is 0 Å². The van der Waals surface area contributed by atoms with Crippen molar-refractivity contribution in [3.05, 3.63) is 72.5 Å². The summed E-state index contributed by atoms with van der Waals surface area (Å²) in [5.41, 5.74) is 3.08. The number of nitrogens with one attached hydrogen (secondary N) is 1. The van der Waals surface area contributed by atoms with Gasteiger partial charge in [0.1, 0.15) is 40.8 Å². The largest absolute Gasteiger partial charge is 0.457 e. The molecule has 1 amide bonds. The second-order valence-electron chi connectivity index (χ2n) is 10.3. The van der Waals surface area contributed by atoms with Gasteiger partial charge in [0, 0.05) is 49.1 Å². The average Bonchev–Trinajstić information content (AvgIpc) is 3.46. The molecule has 1 aliphatic heterocycles. The van der Waals surface area contributed by atoms with Crippen LogP contribution in [0.25, 0.3) is 21.9 Å². The molecule has 4 heterocycles. The van der Waals surface area contributed by atoms with Crippen molar-refractivity contribution in [2.45, 2.75) is 6.92 Å². The SMILES string of the molecule is C[C@@H]1CN(c2cc3c(Nc4ccc(Oc5ccc6c(c5)nnn6C)cc4F)ncnc3cn2)C(=O)/C1=C/CN(C)C. The van der Waals surface area contributed by atoms with E-state index in [9.17, 15) is 4.79 Å². The van der Waals surface area contributed by atoms with Gasteiger partial charge in [-0.3, -0.25) is 9.69 Å². The number of aryl methyl sites for hydroxylation is 1. The molecule has 0 saturated carbocycles. The van der Waals surface area contributed by atoms with Crippen LogP contribution in [0.2, 0.25) is 0 Å². The lowest BCUT2D eigenvalue weighted by molar-refractivity contribution is -0.114. The number of amides is 1. The van der Waals surface area contributed by atoms with Crippen LogP contribution in [-0.4, -0.2) is 67.9 Å². The van der Waals surface area contributed by atoms with Gasteiger partial charge < -0.3 is 15.0 Å². The first-order valence-corrected chi connectivity index (χ1v) is 13.1. The monoisotopic (exact) mass is 553 g/mol. The average molecular weight is 554 g/mol. The molecule has 11 nitrogen and oxygen atoms in total. The van der Waals surface area contributed by atoms with E-state index in [1.165, 1.54) is 12.4 Å². The molecule has 2 aromatic carbocycles. The van der Waals surface area contributed by atoms with Crippen molar-refractivity contribution in [1.82, 2.24) is 34.8 Å². The smallest absolute Gasteiger partial charge is 0.255 e. The van der Waals surface area contributed by atoms with Crippen LogP contribution in [0.1, 0.15) is 6.92 Å². The number of hydrogen-bond donors (Lipinski definition) is 1. The molecule has 1 aliphatic rings. The van der Waals surface area contributed by atoms with Gasteiger partial charge in [0.15, 0.2) is 0 Å². The minimum atomic E-state index is -0.525. The predicted molar refractivity (Wildman–Crippen MR) is 154 cm³/mol. The number of halogens is 1. The molecule has 0 aliphatic carbocycles. The Balaban J connectivity index is 1.24. The third-order valence-electron chi connectivity index (χ3n) is 6.95. The van der Waals surface area contributed by atoms with E-state index in [2.05, 4.69) is 30.6 Å². The van der Waals surface area contributed by atoms with E-state index in [0.717, 1.165) is 11.1 Å². The van der Waals surface area contributed by atoms with Crippen molar-refractivity contribution < 1.29 is 13.9 Å². The summed E-state index contributed by atoms with van der Waals surface area (Å²) in [6.07, 6.45) is 4.95. The molecule has 208 valence electrons. The Morgan fingerprint density at radius 1 is 1.10 bits per heavy atom. The number of carbonyl (C=O) groups excluding carboxylic acids is 1. The van der Waals surface area contributed by atoms with Crippen molar-refractivity contribution in [2.24, 2.45) is 13.0 Å². The van der Waals surface area contributed by atoms with Crippen molar-refractivity contribution in [1.29, 1.82) is 0 Å². The predicted octanol–water partition coefficient (Wildman–Crippen LogP) is 4.45. The normalized spacial score (nSPS) is 16.4. The number of fused-ring (bicyclic) bond motifs is 2. The zero-order valence-electron chi connectivity index (χ0n) is 23.0. The van der Waals surface area contributed by atoms with Gasteiger partial charge in [-0.25, -0.2) is 24.0 Å². The van der Waals surface area contributed by atoms with Gasteiger partial charge in [0.2, 0.25) is 0 Å².